The van der Waals surface area contributed by atoms with Crippen molar-refractivity contribution in [3.8, 4) is 11.5 Å². The molecular weight excluding hydrogens is 472 g/mol. The number of rotatable bonds is 9. The minimum absolute atomic E-state index is 0.124. The molecule has 1 aromatic carbocycles. The first kappa shape index (κ1) is 21.0. The molecule has 11 heteroatoms. The molecule has 1 saturated heterocycles. The zero-order chi connectivity index (χ0) is 20.9. The van der Waals surface area contributed by atoms with Crippen molar-refractivity contribution in [1.82, 2.24) is 25.0 Å². The second kappa shape index (κ2) is 9.71. The van der Waals surface area contributed by atoms with E-state index in [0.29, 0.717) is 30.5 Å². The predicted molar refractivity (Wildman–Crippen MR) is 114 cm³/mol. The highest BCUT2D eigenvalue weighted by molar-refractivity contribution is 9.10. The number of amides is 1. The summed E-state index contributed by atoms with van der Waals surface area (Å²) < 4.78 is 14.5. The van der Waals surface area contributed by atoms with E-state index in [4.69, 9.17) is 14.9 Å². The maximum Gasteiger partial charge on any atom is 0.247 e. The van der Waals surface area contributed by atoms with Gasteiger partial charge in [0.25, 0.3) is 0 Å². The van der Waals surface area contributed by atoms with Crippen LogP contribution in [0.1, 0.15) is 31.0 Å². The van der Waals surface area contributed by atoms with E-state index in [9.17, 15) is 4.79 Å². The number of primary amides is 1. The first-order valence-corrected chi connectivity index (χ1v) is 11.4. The number of nitrogens with zero attached hydrogens (tertiary/aromatic N) is 5. The molecule has 1 atom stereocenters. The third kappa shape index (κ3) is 5.27. The Bertz CT molecular complexity index is 1020. The van der Waals surface area contributed by atoms with Gasteiger partial charge in [0, 0.05) is 29.5 Å². The maximum atomic E-state index is 11.2. The summed E-state index contributed by atoms with van der Waals surface area (Å²) in [6.07, 6.45) is 2.85. The first-order valence-electron chi connectivity index (χ1n) is 9.61. The zero-order valence-electron chi connectivity index (χ0n) is 16.2. The van der Waals surface area contributed by atoms with Crippen LogP contribution < -0.4 is 5.73 Å². The van der Waals surface area contributed by atoms with Crippen LogP contribution in [-0.2, 0) is 28.2 Å². The summed E-state index contributed by atoms with van der Waals surface area (Å²) in [4.78, 5) is 11.2. The Morgan fingerprint density at radius 1 is 1.30 bits per heavy atom. The summed E-state index contributed by atoms with van der Waals surface area (Å²) in [6.45, 7) is 1.42. The van der Waals surface area contributed by atoms with Gasteiger partial charge in [-0.2, -0.15) is 0 Å². The Kier molecular flexibility index (Phi) is 6.80. The molecule has 0 aliphatic carbocycles. The summed E-state index contributed by atoms with van der Waals surface area (Å²) in [5.41, 5.74) is 6.15. The molecular formula is C19H21BrN6O3S. The van der Waals surface area contributed by atoms with Crippen LogP contribution in [0, 0.1) is 0 Å². The van der Waals surface area contributed by atoms with Crippen molar-refractivity contribution in [2.45, 2.75) is 49.2 Å². The average molecular weight is 493 g/mol. The SMILES string of the molecule is NC(=O)CCc1nnc(SCc2nnc(-c3cccc(Br)c3)o2)n1CC1CCCO1. The van der Waals surface area contributed by atoms with Crippen LogP contribution in [-0.4, -0.2) is 43.6 Å². The Morgan fingerprint density at radius 2 is 2.20 bits per heavy atom. The van der Waals surface area contributed by atoms with Crippen LogP contribution in [0.25, 0.3) is 11.5 Å². The lowest BCUT2D eigenvalue weighted by Gasteiger charge is -2.14. The minimum atomic E-state index is -0.359. The van der Waals surface area contributed by atoms with E-state index in [2.05, 4.69) is 36.3 Å². The van der Waals surface area contributed by atoms with Crippen molar-refractivity contribution in [3.05, 3.63) is 40.5 Å². The number of benzene rings is 1. The molecule has 2 aromatic heterocycles. The van der Waals surface area contributed by atoms with Gasteiger partial charge >= 0.3 is 0 Å². The molecule has 0 radical (unpaired) electrons. The van der Waals surface area contributed by atoms with Crippen LogP contribution in [0.3, 0.4) is 0 Å². The summed E-state index contributed by atoms with van der Waals surface area (Å²) in [5, 5.41) is 17.6. The molecule has 1 aliphatic rings. The highest BCUT2D eigenvalue weighted by atomic mass is 79.9. The fourth-order valence-corrected chi connectivity index (χ4v) is 4.40. The van der Waals surface area contributed by atoms with E-state index in [1.807, 2.05) is 28.8 Å². The fraction of sp³-hybridized carbons (Fsp3) is 0.421. The number of carbonyl (C=O) groups is 1. The first-order chi connectivity index (χ1) is 14.6. The van der Waals surface area contributed by atoms with E-state index < -0.39 is 0 Å². The smallest absolute Gasteiger partial charge is 0.247 e. The molecule has 1 amide bonds. The maximum absolute atomic E-state index is 11.2. The van der Waals surface area contributed by atoms with Gasteiger partial charge in [0.15, 0.2) is 5.16 Å². The number of halogens is 1. The summed E-state index contributed by atoms with van der Waals surface area (Å²) in [5.74, 6) is 1.80. The molecule has 0 bridgehead atoms. The average Bonchev–Trinajstić information content (AvgIpc) is 3.47. The van der Waals surface area contributed by atoms with Gasteiger partial charge < -0.3 is 19.5 Å². The summed E-state index contributed by atoms with van der Waals surface area (Å²) >= 11 is 4.91. The van der Waals surface area contributed by atoms with Gasteiger partial charge in [0.1, 0.15) is 5.82 Å². The van der Waals surface area contributed by atoms with Crippen molar-refractivity contribution in [2.75, 3.05) is 6.61 Å². The Balaban J connectivity index is 1.46. The van der Waals surface area contributed by atoms with Crippen LogP contribution in [0.5, 0.6) is 0 Å². The van der Waals surface area contributed by atoms with Gasteiger partial charge in [-0.25, -0.2) is 0 Å². The molecule has 0 saturated carbocycles. The standard InChI is InChI=1S/C19H21BrN6O3S/c20-13-4-1-3-12(9-13)18-24-23-17(29-18)11-30-19-25-22-16(7-6-15(21)27)26(19)10-14-5-2-8-28-14/h1,3-4,9,14H,2,5-8,10-11H2,(H2,21,27). The lowest BCUT2D eigenvalue weighted by molar-refractivity contribution is -0.118. The van der Waals surface area contributed by atoms with Crippen LogP contribution in [0.4, 0.5) is 0 Å². The zero-order valence-corrected chi connectivity index (χ0v) is 18.6. The molecule has 1 fully saturated rings. The Labute approximate surface area is 185 Å². The van der Waals surface area contributed by atoms with Crippen molar-refractivity contribution < 1.29 is 13.9 Å². The number of nitrogens with two attached hydrogens (primary N) is 1. The number of hydrogen-bond acceptors (Lipinski definition) is 8. The van der Waals surface area contributed by atoms with Gasteiger partial charge in [-0.05, 0) is 31.0 Å². The number of hydrogen-bond donors (Lipinski definition) is 1. The molecule has 0 spiro atoms. The number of aromatic nitrogens is 5. The lowest BCUT2D eigenvalue weighted by Crippen LogP contribution is -2.19. The van der Waals surface area contributed by atoms with Gasteiger partial charge in [0.2, 0.25) is 17.7 Å². The third-order valence-corrected chi connectivity index (χ3v) is 6.11. The van der Waals surface area contributed by atoms with Crippen molar-refractivity contribution >= 4 is 33.6 Å². The number of carbonyl (C=O) groups excluding carboxylic acids is 1. The highest BCUT2D eigenvalue weighted by Crippen LogP contribution is 2.27. The largest absolute Gasteiger partial charge is 0.420 e. The molecule has 30 heavy (non-hydrogen) atoms. The minimum Gasteiger partial charge on any atom is -0.420 e. The van der Waals surface area contributed by atoms with Crippen LogP contribution in [0.15, 0.2) is 38.3 Å². The molecule has 4 rings (SSSR count). The predicted octanol–water partition coefficient (Wildman–Crippen LogP) is 2.98. The van der Waals surface area contributed by atoms with Crippen LogP contribution >= 0.6 is 27.7 Å². The van der Waals surface area contributed by atoms with Gasteiger partial charge in [-0.15, -0.1) is 20.4 Å². The molecule has 3 aromatic rings. The van der Waals surface area contributed by atoms with E-state index in [1.54, 1.807) is 0 Å². The third-order valence-electron chi connectivity index (χ3n) is 4.66. The van der Waals surface area contributed by atoms with Crippen molar-refractivity contribution in [3.63, 3.8) is 0 Å². The van der Waals surface area contributed by atoms with Crippen molar-refractivity contribution in [1.29, 1.82) is 0 Å². The Morgan fingerprint density at radius 3 is 2.97 bits per heavy atom. The molecule has 9 nitrogen and oxygen atoms in total. The monoisotopic (exact) mass is 492 g/mol. The number of aryl methyl sites for hydroxylation is 1. The summed E-state index contributed by atoms with van der Waals surface area (Å²) in [7, 11) is 0. The van der Waals surface area contributed by atoms with E-state index in [0.717, 1.165) is 40.5 Å². The number of thioether (sulfide) groups is 1. The molecule has 1 aliphatic heterocycles. The molecule has 2 N–H and O–H groups in total. The van der Waals surface area contributed by atoms with Crippen LogP contribution in [0.2, 0.25) is 0 Å². The summed E-state index contributed by atoms with van der Waals surface area (Å²) in [6, 6.07) is 7.69. The van der Waals surface area contributed by atoms with E-state index in [-0.39, 0.29) is 18.4 Å². The van der Waals surface area contributed by atoms with E-state index in [1.165, 1.54) is 11.8 Å². The lowest BCUT2D eigenvalue weighted by atomic mass is 10.2. The quantitative estimate of drug-likeness (QED) is 0.452. The van der Waals surface area contributed by atoms with Gasteiger partial charge in [-0.1, -0.05) is 33.8 Å². The second-order valence-corrected chi connectivity index (χ2v) is 8.77. The molecule has 158 valence electrons. The number of ether oxygens (including phenoxy) is 1. The Hall–Kier alpha value is -2.24. The second-order valence-electron chi connectivity index (χ2n) is 6.91. The van der Waals surface area contributed by atoms with E-state index >= 15 is 0 Å². The normalized spacial score (nSPS) is 16.2. The van der Waals surface area contributed by atoms with Gasteiger partial charge in [0.05, 0.1) is 18.4 Å². The highest BCUT2D eigenvalue weighted by Gasteiger charge is 2.22. The van der Waals surface area contributed by atoms with Gasteiger partial charge in [-0.3, -0.25) is 4.79 Å². The molecule has 1 unspecified atom stereocenters. The topological polar surface area (TPSA) is 122 Å². The van der Waals surface area contributed by atoms with Crippen molar-refractivity contribution in [2.24, 2.45) is 5.73 Å². The molecule has 3 heterocycles. The fourth-order valence-electron chi connectivity index (χ4n) is 3.20.